The number of carbonyl (C=O) groups excluding carboxylic acids is 2. The molecule has 3 unspecified atom stereocenters. The normalized spacial score (nSPS) is 24.1. The average Bonchev–Trinajstić information content (AvgIpc) is 3.48. The highest BCUT2D eigenvalue weighted by atomic mass is 35.5. The summed E-state index contributed by atoms with van der Waals surface area (Å²) in [6.45, 7) is 6.49. The second-order valence-electron chi connectivity index (χ2n) is 11.7. The van der Waals surface area contributed by atoms with E-state index < -0.39 is 10.8 Å². The van der Waals surface area contributed by atoms with E-state index in [0.29, 0.717) is 66.0 Å². The van der Waals surface area contributed by atoms with Crippen molar-refractivity contribution in [3.63, 3.8) is 0 Å². The van der Waals surface area contributed by atoms with E-state index in [4.69, 9.17) is 38.4 Å². The van der Waals surface area contributed by atoms with E-state index in [-0.39, 0.29) is 17.9 Å². The maximum atomic E-state index is 14.1. The molecule has 0 aliphatic carbocycles. The van der Waals surface area contributed by atoms with Crippen LogP contribution in [0, 0.1) is 6.92 Å². The number of carbonyl (C=O) groups is 2. The molecule has 0 radical (unpaired) electrons. The van der Waals surface area contributed by atoms with Crippen LogP contribution in [0.2, 0.25) is 10.0 Å². The van der Waals surface area contributed by atoms with Gasteiger partial charge in [-0.15, -0.1) is 0 Å². The third-order valence-electron chi connectivity index (χ3n) is 9.73. The minimum absolute atomic E-state index is 0.101. The number of likely N-dealkylation sites (N-methyl/N-ethyl adjacent to an activating group) is 1. The molecule has 3 aromatic carbocycles. The Morgan fingerprint density at radius 2 is 1.60 bits per heavy atom. The Labute approximate surface area is 263 Å². The van der Waals surface area contributed by atoms with Gasteiger partial charge in [0.15, 0.2) is 0 Å². The highest BCUT2D eigenvalue weighted by Gasteiger charge is 2.55. The van der Waals surface area contributed by atoms with Gasteiger partial charge in [-0.25, -0.2) is 0 Å². The number of amides is 2. The Morgan fingerprint density at radius 3 is 2.19 bits per heavy atom. The number of ether oxygens (including phenoxy) is 2. The molecular weight excluding hydrogens is 585 g/mol. The number of hydrogen-bond acceptors (Lipinski definition) is 5. The fraction of sp³-hybridized carbons (Fsp3) is 0.412. The summed E-state index contributed by atoms with van der Waals surface area (Å²) in [5, 5.41) is 0.927. The van der Waals surface area contributed by atoms with Crippen LogP contribution in [-0.2, 0) is 15.6 Å². The van der Waals surface area contributed by atoms with E-state index in [2.05, 4.69) is 11.8 Å². The number of primary amides is 1. The van der Waals surface area contributed by atoms with Gasteiger partial charge in [0.1, 0.15) is 11.5 Å². The van der Waals surface area contributed by atoms with Crippen LogP contribution in [-0.4, -0.2) is 68.1 Å². The Hall–Kier alpha value is -3.26. The molecule has 2 aliphatic rings. The highest BCUT2D eigenvalue weighted by Crippen LogP contribution is 2.49. The van der Waals surface area contributed by atoms with Crippen molar-refractivity contribution in [3.8, 4) is 11.5 Å². The quantitative estimate of drug-likeness (QED) is 0.332. The van der Waals surface area contributed by atoms with Gasteiger partial charge in [0.05, 0.1) is 29.7 Å². The molecule has 228 valence electrons. The van der Waals surface area contributed by atoms with Gasteiger partial charge in [-0.3, -0.25) is 14.5 Å². The smallest absolute Gasteiger partial charge is 0.254 e. The van der Waals surface area contributed by atoms with Gasteiger partial charge >= 0.3 is 0 Å². The second kappa shape index (κ2) is 12.4. The van der Waals surface area contributed by atoms with E-state index in [0.717, 1.165) is 23.2 Å². The first-order valence-corrected chi connectivity index (χ1v) is 15.4. The molecule has 2 heterocycles. The number of benzene rings is 3. The SMILES string of the molecule is CCN1CCC(C(N)=O)(c2ccccc2)CC1C1(c2ccc(Cl)c(Cl)c2)CCN(C(=O)c2cc(OC)c(C)c(OC)c2)C1. The molecule has 0 aromatic heterocycles. The van der Waals surface area contributed by atoms with Crippen molar-refractivity contribution in [2.75, 3.05) is 40.4 Å². The topological polar surface area (TPSA) is 85.1 Å². The predicted octanol–water partition coefficient (Wildman–Crippen LogP) is 6.01. The number of nitrogens with two attached hydrogens (primary N) is 1. The van der Waals surface area contributed by atoms with Gasteiger partial charge in [-0.1, -0.05) is 66.5 Å². The molecule has 0 bridgehead atoms. The Kier molecular flexibility index (Phi) is 8.98. The summed E-state index contributed by atoms with van der Waals surface area (Å²) in [7, 11) is 3.17. The van der Waals surface area contributed by atoms with Crippen LogP contribution in [0.25, 0.3) is 0 Å². The summed E-state index contributed by atoms with van der Waals surface area (Å²) in [6.07, 6.45) is 1.83. The molecule has 3 atom stereocenters. The van der Waals surface area contributed by atoms with E-state index in [1.165, 1.54) is 0 Å². The molecular formula is C34H39Cl2N3O4. The Bertz CT molecular complexity index is 1490. The van der Waals surface area contributed by atoms with Crippen molar-refractivity contribution in [1.29, 1.82) is 0 Å². The number of piperidine rings is 1. The number of likely N-dealkylation sites (tertiary alicyclic amines) is 2. The van der Waals surface area contributed by atoms with Crippen LogP contribution in [0.4, 0.5) is 0 Å². The van der Waals surface area contributed by atoms with Gasteiger partial charge in [0, 0.05) is 35.7 Å². The zero-order valence-corrected chi connectivity index (χ0v) is 26.7. The molecule has 0 spiro atoms. The zero-order valence-electron chi connectivity index (χ0n) is 25.2. The van der Waals surface area contributed by atoms with E-state index in [1.54, 1.807) is 26.4 Å². The zero-order chi connectivity index (χ0) is 30.9. The van der Waals surface area contributed by atoms with Crippen LogP contribution < -0.4 is 15.2 Å². The summed E-state index contributed by atoms with van der Waals surface area (Å²) in [5.41, 5.74) is 8.12. The molecule has 2 N–H and O–H groups in total. The van der Waals surface area contributed by atoms with E-state index >= 15 is 0 Å². The van der Waals surface area contributed by atoms with E-state index in [9.17, 15) is 9.59 Å². The maximum Gasteiger partial charge on any atom is 0.254 e. The van der Waals surface area contributed by atoms with Gasteiger partial charge < -0.3 is 20.1 Å². The molecule has 2 fully saturated rings. The van der Waals surface area contributed by atoms with Crippen LogP contribution in [0.3, 0.4) is 0 Å². The molecule has 7 nitrogen and oxygen atoms in total. The van der Waals surface area contributed by atoms with Crippen molar-refractivity contribution >= 4 is 35.0 Å². The molecule has 2 aliphatic heterocycles. The van der Waals surface area contributed by atoms with Crippen LogP contribution in [0.15, 0.2) is 60.7 Å². The van der Waals surface area contributed by atoms with Crippen LogP contribution in [0.1, 0.15) is 53.2 Å². The minimum Gasteiger partial charge on any atom is -0.496 e. The van der Waals surface area contributed by atoms with Crippen molar-refractivity contribution in [3.05, 3.63) is 93.0 Å². The first-order valence-electron chi connectivity index (χ1n) is 14.7. The number of methoxy groups -OCH3 is 2. The molecule has 0 saturated carbocycles. The Morgan fingerprint density at radius 1 is 0.930 bits per heavy atom. The van der Waals surface area contributed by atoms with Crippen LogP contribution >= 0.6 is 23.2 Å². The lowest BCUT2D eigenvalue weighted by molar-refractivity contribution is -0.127. The second-order valence-corrected chi connectivity index (χ2v) is 12.5. The standard InChI is InChI=1S/C34H39Cl2N3O4/c1-5-38-15-13-33(32(37)41,24-9-7-6-8-10-24)20-30(38)34(25-11-12-26(35)27(36)19-25)14-16-39(21-34)31(40)23-17-28(42-3)22(2)29(18-23)43-4/h6-12,17-19,30H,5,13-16,20-21H2,1-4H3,(H2,37,41). The molecule has 2 amide bonds. The molecule has 43 heavy (non-hydrogen) atoms. The fourth-order valence-electron chi connectivity index (χ4n) is 7.26. The summed E-state index contributed by atoms with van der Waals surface area (Å²) >= 11 is 13.0. The number of halogens is 2. The number of nitrogens with zero attached hydrogens (tertiary/aromatic N) is 2. The van der Waals surface area contributed by atoms with Gasteiger partial charge in [0.2, 0.25) is 5.91 Å². The lowest BCUT2D eigenvalue weighted by Gasteiger charge is -2.52. The average molecular weight is 625 g/mol. The van der Waals surface area contributed by atoms with Crippen molar-refractivity contribution in [2.24, 2.45) is 5.73 Å². The Balaban J connectivity index is 1.61. The van der Waals surface area contributed by atoms with Crippen molar-refractivity contribution in [1.82, 2.24) is 9.80 Å². The van der Waals surface area contributed by atoms with Crippen LogP contribution in [0.5, 0.6) is 11.5 Å². The van der Waals surface area contributed by atoms with Crippen molar-refractivity contribution < 1.29 is 19.1 Å². The molecule has 3 aromatic rings. The summed E-state index contributed by atoms with van der Waals surface area (Å²) < 4.78 is 11.1. The third-order valence-corrected chi connectivity index (χ3v) is 10.5. The monoisotopic (exact) mass is 623 g/mol. The lowest BCUT2D eigenvalue weighted by Crippen LogP contribution is -2.61. The number of rotatable bonds is 8. The number of hydrogen-bond donors (Lipinski definition) is 1. The third kappa shape index (κ3) is 5.47. The van der Waals surface area contributed by atoms with Gasteiger partial charge in [0.25, 0.3) is 5.91 Å². The first kappa shape index (κ1) is 31.2. The largest absolute Gasteiger partial charge is 0.496 e. The fourth-order valence-corrected chi connectivity index (χ4v) is 7.56. The highest BCUT2D eigenvalue weighted by molar-refractivity contribution is 6.42. The lowest BCUT2D eigenvalue weighted by atomic mass is 9.61. The predicted molar refractivity (Wildman–Crippen MR) is 171 cm³/mol. The van der Waals surface area contributed by atoms with Gasteiger partial charge in [-0.05, 0) is 74.7 Å². The first-order chi connectivity index (χ1) is 20.6. The summed E-state index contributed by atoms with van der Waals surface area (Å²) in [6, 6.07) is 19.0. The summed E-state index contributed by atoms with van der Waals surface area (Å²) in [4.78, 5) is 31.8. The maximum absolute atomic E-state index is 14.1. The molecule has 9 heteroatoms. The van der Waals surface area contributed by atoms with E-state index in [1.807, 2.05) is 60.4 Å². The minimum atomic E-state index is -0.837. The summed E-state index contributed by atoms with van der Waals surface area (Å²) in [5.74, 6) is 0.752. The van der Waals surface area contributed by atoms with Crippen molar-refractivity contribution in [2.45, 2.75) is 50.0 Å². The molecule has 5 rings (SSSR count). The van der Waals surface area contributed by atoms with Gasteiger partial charge in [-0.2, -0.15) is 0 Å². The molecule has 2 saturated heterocycles.